The van der Waals surface area contributed by atoms with Crippen LogP contribution < -0.4 is 0 Å². The topological polar surface area (TPSA) is 130 Å². The van der Waals surface area contributed by atoms with Crippen LogP contribution in [0.1, 0.15) is 0 Å². The molecule has 0 aromatic rings. The van der Waals surface area contributed by atoms with Gasteiger partial charge < -0.3 is 19.1 Å². The Labute approximate surface area is 72.0 Å². The molecule has 0 aromatic heterocycles. The number of carbonyl (C=O) groups excluding carboxylic acids is 1. The molecule has 0 aliphatic heterocycles. The molecule has 0 unspecified atom stereocenters. The van der Waals surface area contributed by atoms with Crippen LogP contribution in [0.25, 0.3) is 0 Å². The van der Waals surface area contributed by atoms with Gasteiger partial charge in [-0.3, -0.25) is 0 Å². The van der Waals surface area contributed by atoms with Crippen molar-refractivity contribution >= 4 is 19.3 Å². The van der Waals surface area contributed by atoms with Gasteiger partial charge in [-0.2, -0.15) is 10.5 Å². The molecule has 0 bridgehead atoms. The molecule has 0 amide bonds. The second-order valence-corrected chi connectivity index (χ2v) is 1.42. The second-order valence-electron chi connectivity index (χ2n) is 1.42. The minimum absolute atomic E-state index is 1.05. The van der Waals surface area contributed by atoms with Crippen molar-refractivity contribution in [3.05, 3.63) is 0 Å². The molecule has 1 N–H and O–H groups in total. The van der Waals surface area contributed by atoms with E-state index in [9.17, 15) is 9.59 Å². The fourth-order valence-corrected chi connectivity index (χ4v) is 0.296. The molecule has 0 atom stereocenters. The summed E-state index contributed by atoms with van der Waals surface area (Å²) >= 11 is 0. The average molecular weight is 184 g/mol. The predicted molar refractivity (Wildman–Crippen MR) is 32.9 cm³/mol. The van der Waals surface area contributed by atoms with Crippen molar-refractivity contribution in [2.45, 2.75) is 0 Å². The van der Waals surface area contributed by atoms with Gasteiger partial charge in [0, 0.05) is 0 Å². The average Bonchev–Trinajstić information content (AvgIpc) is 2.05. The van der Waals surface area contributed by atoms with Gasteiger partial charge in [0.05, 0.1) is 0 Å². The van der Waals surface area contributed by atoms with Crippen molar-refractivity contribution in [3.8, 4) is 12.5 Å². The maximum absolute atomic E-state index is 10.3. The number of carboxylic acid groups (broad SMARTS) is 1. The van der Waals surface area contributed by atoms with E-state index in [4.69, 9.17) is 15.6 Å². The molecule has 0 aliphatic rings. The van der Waals surface area contributed by atoms with Gasteiger partial charge in [0.25, 0.3) is 12.5 Å². The molecule has 0 fully saturated rings. The third-order valence-electron chi connectivity index (χ3n) is 0.676. The molecular weight excluding hydrogens is 183 g/mol. The third kappa shape index (κ3) is 4.11. The van der Waals surface area contributed by atoms with E-state index in [2.05, 4.69) is 14.0 Å². The van der Waals surface area contributed by atoms with Crippen LogP contribution in [0.4, 0.5) is 0 Å². The maximum Gasteiger partial charge on any atom is 0.887 e. The van der Waals surface area contributed by atoms with Gasteiger partial charge >= 0.3 is 19.3 Å². The Morgan fingerprint density at radius 2 is 1.69 bits per heavy atom. The van der Waals surface area contributed by atoms with Gasteiger partial charge in [0.15, 0.2) is 0 Å². The van der Waals surface area contributed by atoms with E-state index in [-0.39, 0.29) is 0 Å². The second kappa shape index (κ2) is 5.26. The fourth-order valence-electron chi connectivity index (χ4n) is 0.296. The third-order valence-corrected chi connectivity index (χ3v) is 0.676. The highest BCUT2D eigenvalue weighted by Crippen LogP contribution is 1.91. The summed E-state index contributed by atoms with van der Waals surface area (Å²) in [6.45, 7) is 0. The molecule has 0 spiro atoms. The highest BCUT2D eigenvalue weighted by atomic mass is 16.7. The van der Waals surface area contributed by atoms with Crippen LogP contribution in [0, 0.1) is 23.0 Å². The van der Waals surface area contributed by atoms with Gasteiger partial charge in [-0.15, -0.1) is 0 Å². The van der Waals surface area contributed by atoms with E-state index in [0.29, 0.717) is 0 Å². The molecule has 8 nitrogen and oxygen atoms in total. The van der Waals surface area contributed by atoms with E-state index in [1.165, 1.54) is 0 Å². The summed E-state index contributed by atoms with van der Waals surface area (Å²) in [5.41, 5.74) is 0. The standard InChI is InChI=1S/C4HBN2O6/c6-1-11-5(12-2-7)13-4(10)3(8)9/h(H,8,9). The van der Waals surface area contributed by atoms with Gasteiger partial charge in [0.2, 0.25) is 0 Å². The first-order valence-corrected chi connectivity index (χ1v) is 2.65. The molecule has 13 heavy (non-hydrogen) atoms. The largest absolute Gasteiger partial charge is 0.887 e. The molecule has 0 saturated carbocycles. The van der Waals surface area contributed by atoms with Crippen molar-refractivity contribution in [3.63, 3.8) is 0 Å². The SMILES string of the molecule is N#COB(OC#N)OC(=O)C(=O)O. The number of aliphatic carboxylic acids is 1. The normalized spacial score (nSPS) is 7.23. The number of carbonyl (C=O) groups is 2. The Balaban J connectivity index is 4.12. The Morgan fingerprint density at radius 3 is 2.00 bits per heavy atom. The summed E-state index contributed by atoms with van der Waals surface area (Å²) < 4.78 is 11.6. The molecule has 66 valence electrons. The smallest absolute Gasteiger partial charge is 0.473 e. The summed E-state index contributed by atoms with van der Waals surface area (Å²) in [5.74, 6) is -3.59. The van der Waals surface area contributed by atoms with Crippen LogP contribution in [-0.2, 0) is 23.6 Å². The van der Waals surface area contributed by atoms with E-state index in [0.717, 1.165) is 12.5 Å². The fraction of sp³-hybridized carbons (Fsp3) is 0. The molecular formula is C4HBN2O6. The van der Waals surface area contributed by atoms with Crippen LogP contribution in [-0.4, -0.2) is 24.4 Å². The molecule has 0 aromatic carbocycles. The van der Waals surface area contributed by atoms with Crippen molar-refractivity contribution in [2.24, 2.45) is 0 Å². The van der Waals surface area contributed by atoms with Crippen LogP contribution in [0.3, 0.4) is 0 Å². The number of nitriles is 2. The number of hydrogen-bond acceptors (Lipinski definition) is 7. The highest BCUT2D eigenvalue weighted by molar-refractivity contribution is 6.45. The molecule has 0 saturated heterocycles. The van der Waals surface area contributed by atoms with Crippen LogP contribution in [0.15, 0.2) is 0 Å². The van der Waals surface area contributed by atoms with Gasteiger partial charge in [-0.25, -0.2) is 9.59 Å². The molecule has 0 rings (SSSR count). The zero-order chi connectivity index (χ0) is 10.3. The number of nitrogens with zero attached hydrogens (tertiary/aromatic N) is 2. The molecule has 9 heteroatoms. The quantitative estimate of drug-likeness (QED) is 0.321. The van der Waals surface area contributed by atoms with Gasteiger partial charge in [-0.1, -0.05) is 0 Å². The highest BCUT2D eigenvalue weighted by Gasteiger charge is 2.34. The van der Waals surface area contributed by atoms with Crippen molar-refractivity contribution in [2.75, 3.05) is 0 Å². The zero-order valence-corrected chi connectivity index (χ0v) is 5.96. The Morgan fingerprint density at radius 1 is 1.23 bits per heavy atom. The van der Waals surface area contributed by atoms with Crippen LogP contribution in [0.5, 0.6) is 0 Å². The number of rotatable bonds is 3. The summed E-state index contributed by atoms with van der Waals surface area (Å²) in [4.78, 5) is 20.2. The van der Waals surface area contributed by atoms with Crippen molar-refractivity contribution in [1.82, 2.24) is 0 Å². The van der Waals surface area contributed by atoms with Crippen molar-refractivity contribution < 1.29 is 28.7 Å². The summed E-state index contributed by atoms with van der Waals surface area (Å²) in [6.07, 6.45) is 2.10. The number of carboxylic acids is 1. The lowest BCUT2D eigenvalue weighted by Gasteiger charge is -2.02. The molecule has 0 heterocycles. The monoisotopic (exact) mass is 184 g/mol. The van der Waals surface area contributed by atoms with Crippen molar-refractivity contribution in [1.29, 1.82) is 10.5 Å². The zero-order valence-electron chi connectivity index (χ0n) is 5.96. The number of hydrogen-bond donors (Lipinski definition) is 1. The predicted octanol–water partition coefficient (Wildman–Crippen LogP) is -1.41. The summed E-state index contributed by atoms with van der Waals surface area (Å²) in [5, 5.41) is 23.8. The molecule has 0 radical (unpaired) electrons. The minimum Gasteiger partial charge on any atom is -0.473 e. The van der Waals surface area contributed by atoms with Crippen LogP contribution >= 0.6 is 0 Å². The van der Waals surface area contributed by atoms with E-state index < -0.39 is 19.3 Å². The lowest BCUT2D eigenvalue weighted by Crippen LogP contribution is -2.30. The molecule has 0 aliphatic carbocycles. The van der Waals surface area contributed by atoms with Gasteiger partial charge in [0.1, 0.15) is 0 Å². The van der Waals surface area contributed by atoms with E-state index in [1.807, 2.05) is 0 Å². The summed E-state index contributed by atoms with van der Waals surface area (Å²) in [7, 11) is -1.96. The first-order valence-electron chi connectivity index (χ1n) is 2.65. The lowest BCUT2D eigenvalue weighted by atomic mass is 10.2. The Bertz CT molecular complexity index is 274. The van der Waals surface area contributed by atoms with E-state index >= 15 is 0 Å². The van der Waals surface area contributed by atoms with Crippen LogP contribution in [0.2, 0.25) is 0 Å². The first kappa shape index (κ1) is 10.6. The minimum atomic E-state index is -1.96. The maximum atomic E-state index is 10.3. The Kier molecular flexibility index (Phi) is 4.29. The Hall–Kier alpha value is -2.42. The lowest BCUT2D eigenvalue weighted by molar-refractivity contribution is -0.159. The van der Waals surface area contributed by atoms with E-state index in [1.54, 1.807) is 0 Å². The summed E-state index contributed by atoms with van der Waals surface area (Å²) in [6, 6.07) is 0. The first-order chi connectivity index (χ1) is 6.11. The van der Waals surface area contributed by atoms with Gasteiger partial charge in [-0.05, 0) is 0 Å².